The van der Waals surface area contributed by atoms with Gasteiger partial charge in [-0.05, 0) is 56.2 Å². The van der Waals surface area contributed by atoms with E-state index in [0.717, 1.165) is 31.2 Å². The minimum absolute atomic E-state index is 0.195. The fraction of sp³-hybridized carbons (Fsp3) is 0.360. The molecule has 10 nitrogen and oxygen atoms in total. The molecule has 10 heteroatoms. The number of carbonyl (C=O) groups excluding carboxylic acids is 2. The van der Waals surface area contributed by atoms with Crippen LogP contribution in [-0.2, 0) is 16.9 Å². The Morgan fingerprint density at radius 2 is 1.97 bits per heavy atom. The third kappa shape index (κ3) is 4.63. The molecule has 5 N–H and O–H groups in total. The summed E-state index contributed by atoms with van der Waals surface area (Å²) in [5.74, 6) is 2.81. The van der Waals surface area contributed by atoms with Crippen LogP contribution in [0.3, 0.4) is 0 Å². The number of fused-ring (bicyclic) bond motifs is 1. The first-order chi connectivity index (χ1) is 16.9. The first kappa shape index (κ1) is 22.7. The van der Waals surface area contributed by atoms with Gasteiger partial charge in [-0.2, -0.15) is 0 Å². The van der Waals surface area contributed by atoms with Gasteiger partial charge in [-0.3, -0.25) is 10.1 Å². The molecule has 0 radical (unpaired) electrons. The van der Waals surface area contributed by atoms with Crippen LogP contribution in [0.25, 0.3) is 11.0 Å². The lowest BCUT2D eigenvalue weighted by Crippen LogP contribution is -2.34. The summed E-state index contributed by atoms with van der Waals surface area (Å²) in [7, 11) is 1.63. The van der Waals surface area contributed by atoms with Gasteiger partial charge >= 0.3 is 6.03 Å². The van der Waals surface area contributed by atoms with Crippen LogP contribution < -0.4 is 21.7 Å². The lowest BCUT2D eigenvalue weighted by atomic mass is 10.1. The zero-order valence-electron chi connectivity index (χ0n) is 19.6. The predicted octanol–water partition coefficient (Wildman–Crippen LogP) is 2.69. The molecule has 180 valence electrons. The van der Waals surface area contributed by atoms with E-state index < -0.39 is 0 Å². The Morgan fingerprint density at radius 3 is 2.63 bits per heavy atom. The summed E-state index contributed by atoms with van der Waals surface area (Å²) in [5.41, 5.74) is 8.86. The molecule has 2 aliphatic carbocycles. The summed E-state index contributed by atoms with van der Waals surface area (Å²) in [5, 5.41) is 8.77. The van der Waals surface area contributed by atoms with E-state index in [1.165, 1.54) is 6.33 Å². The number of amides is 3. The molecule has 2 heterocycles. The molecule has 3 aromatic rings. The van der Waals surface area contributed by atoms with E-state index in [4.69, 9.17) is 10.5 Å². The standard InChI is InChI=1S/C25H27N7O3/c1-25(10-11-25)32-18(9-12-27-24(34)31-17-7-8-17)19(20-21(26)28-14-29-22(20)32)23(33)30-16-5-3-15(4-6-16)13-35-2/h3-6,14,17H,7-8,10-11,13H2,1-2H3,(H,30,33)(H2,26,28,29)(H2,27,31,34). The number of rotatable bonds is 6. The number of methoxy groups -OCH3 is 1. The van der Waals surface area contributed by atoms with Crippen molar-refractivity contribution in [3.05, 3.63) is 47.4 Å². The van der Waals surface area contributed by atoms with Gasteiger partial charge in [-0.15, -0.1) is 0 Å². The van der Waals surface area contributed by atoms with Crippen molar-refractivity contribution < 1.29 is 14.3 Å². The van der Waals surface area contributed by atoms with Gasteiger partial charge in [0.25, 0.3) is 5.91 Å². The molecule has 0 aliphatic heterocycles. The van der Waals surface area contributed by atoms with Gasteiger partial charge in [-0.1, -0.05) is 12.1 Å². The highest BCUT2D eigenvalue weighted by Crippen LogP contribution is 2.47. The summed E-state index contributed by atoms with van der Waals surface area (Å²) >= 11 is 0. The molecule has 2 aromatic heterocycles. The highest BCUT2D eigenvalue weighted by atomic mass is 16.5. The highest BCUT2D eigenvalue weighted by Gasteiger charge is 2.44. The molecule has 35 heavy (non-hydrogen) atoms. The highest BCUT2D eigenvalue weighted by molar-refractivity contribution is 6.16. The van der Waals surface area contributed by atoms with Gasteiger partial charge in [0, 0.05) is 30.4 Å². The second-order valence-corrected chi connectivity index (χ2v) is 9.22. The number of aromatic nitrogens is 3. The number of carbonyl (C=O) groups is 2. The first-order valence-electron chi connectivity index (χ1n) is 11.5. The van der Waals surface area contributed by atoms with Crippen molar-refractivity contribution in [3.8, 4) is 12.0 Å². The number of benzene rings is 1. The van der Waals surface area contributed by atoms with E-state index in [1.54, 1.807) is 7.11 Å². The molecule has 0 spiro atoms. The third-order valence-electron chi connectivity index (χ3n) is 6.31. The molecule has 0 unspecified atom stereocenters. The number of urea groups is 1. The minimum Gasteiger partial charge on any atom is -0.383 e. The van der Waals surface area contributed by atoms with Crippen LogP contribution in [0.5, 0.6) is 0 Å². The van der Waals surface area contributed by atoms with Crippen LogP contribution in [-0.4, -0.2) is 39.6 Å². The summed E-state index contributed by atoms with van der Waals surface area (Å²) in [6, 6.07) is 9.95. The average Bonchev–Trinajstić information content (AvgIpc) is 3.75. The zero-order valence-corrected chi connectivity index (χ0v) is 19.6. The van der Waals surface area contributed by atoms with Crippen LogP contribution >= 0.6 is 0 Å². The number of hydrogen-bond acceptors (Lipinski definition) is 6. The quantitative estimate of drug-likeness (QED) is 0.321. The second-order valence-electron chi connectivity index (χ2n) is 9.22. The van der Waals surface area contributed by atoms with Crippen LogP contribution in [0.4, 0.5) is 16.3 Å². The van der Waals surface area contributed by atoms with Gasteiger partial charge in [-0.25, -0.2) is 14.8 Å². The van der Waals surface area contributed by atoms with E-state index in [0.29, 0.717) is 29.0 Å². The average molecular weight is 474 g/mol. The van der Waals surface area contributed by atoms with Crippen molar-refractivity contribution in [2.24, 2.45) is 0 Å². The molecule has 0 saturated heterocycles. The fourth-order valence-corrected chi connectivity index (χ4v) is 4.05. The van der Waals surface area contributed by atoms with Gasteiger partial charge in [0.1, 0.15) is 23.5 Å². The maximum atomic E-state index is 13.6. The molecule has 0 bridgehead atoms. The Hall–Kier alpha value is -4.10. The Morgan fingerprint density at radius 1 is 1.23 bits per heavy atom. The Labute approximate surface area is 202 Å². The van der Waals surface area contributed by atoms with E-state index in [9.17, 15) is 9.59 Å². The molecule has 2 fully saturated rings. The summed E-state index contributed by atoms with van der Waals surface area (Å²) in [6.07, 6.45) is 5.15. The molecule has 2 aliphatic rings. The van der Waals surface area contributed by atoms with E-state index in [1.807, 2.05) is 28.8 Å². The predicted molar refractivity (Wildman–Crippen MR) is 131 cm³/mol. The molecule has 1 aromatic carbocycles. The van der Waals surface area contributed by atoms with Crippen molar-refractivity contribution in [2.75, 3.05) is 18.2 Å². The van der Waals surface area contributed by atoms with Crippen LogP contribution in [0.2, 0.25) is 0 Å². The van der Waals surface area contributed by atoms with Crippen LogP contribution in [0.1, 0.15) is 54.2 Å². The Kier molecular flexibility index (Phi) is 5.78. The van der Waals surface area contributed by atoms with Gasteiger partial charge in [0.15, 0.2) is 0 Å². The van der Waals surface area contributed by atoms with Crippen molar-refractivity contribution >= 4 is 34.5 Å². The SMILES string of the molecule is COCc1ccc(NC(=O)c2c(C#CNC(=O)NC3CC3)n(C3(C)CC3)c3ncnc(N)c23)cc1. The second kappa shape index (κ2) is 8.92. The lowest BCUT2D eigenvalue weighted by Gasteiger charge is -2.14. The van der Waals surface area contributed by atoms with Crippen molar-refractivity contribution in [2.45, 2.75) is 50.8 Å². The molecular formula is C25H27N7O3. The van der Waals surface area contributed by atoms with E-state index >= 15 is 0 Å². The zero-order chi connectivity index (χ0) is 24.6. The van der Waals surface area contributed by atoms with E-state index in [-0.39, 0.29) is 34.9 Å². The molecule has 5 rings (SSSR count). The third-order valence-corrected chi connectivity index (χ3v) is 6.31. The first-order valence-corrected chi connectivity index (χ1v) is 11.5. The van der Waals surface area contributed by atoms with E-state index in [2.05, 4.69) is 44.8 Å². The van der Waals surface area contributed by atoms with Crippen molar-refractivity contribution in [1.82, 2.24) is 25.2 Å². The number of ether oxygens (including phenoxy) is 1. The van der Waals surface area contributed by atoms with Crippen LogP contribution in [0.15, 0.2) is 30.6 Å². The molecule has 2 saturated carbocycles. The lowest BCUT2D eigenvalue weighted by molar-refractivity contribution is 0.102. The van der Waals surface area contributed by atoms with Crippen LogP contribution in [0, 0.1) is 12.0 Å². The topological polar surface area (TPSA) is 136 Å². The number of nitrogens with two attached hydrogens (primary N) is 1. The van der Waals surface area contributed by atoms with Crippen molar-refractivity contribution in [1.29, 1.82) is 0 Å². The minimum atomic E-state index is -0.384. The summed E-state index contributed by atoms with van der Waals surface area (Å²) in [6.45, 7) is 2.56. The fourth-order valence-electron chi connectivity index (χ4n) is 4.05. The summed E-state index contributed by atoms with van der Waals surface area (Å²) < 4.78 is 7.10. The summed E-state index contributed by atoms with van der Waals surface area (Å²) in [4.78, 5) is 34.3. The Balaban J connectivity index is 1.55. The van der Waals surface area contributed by atoms with Gasteiger partial charge in [0.2, 0.25) is 0 Å². The number of nitrogens with one attached hydrogen (secondary N) is 3. The maximum absolute atomic E-state index is 13.6. The smallest absolute Gasteiger partial charge is 0.326 e. The molecular weight excluding hydrogens is 446 g/mol. The molecule has 0 atom stereocenters. The van der Waals surface area contributed by atoms with Gasteiger partial charge < -0.3 is 25.7 Å². The maximum Gasteiger partial charge on any atom is 0.326 e. The number of anilines is 2. The number of hydrogen-bond donors (Lipinski definition) is 4. The number of nitrogens with zero attached hydrogens (tertiary/aromatic N) is 3. The van der Waals surface area contributed by atoms with Gasteiger partial charge in [0.05, 0.1) is 17.6 Å². The molecule has 3 amide bonds. The normalized spacial score (nSPS) is 15.7. The largest absolute Gasteiger partial charge is 0.383 e. The Bertz CT molecular complexity index is 1360. The monoisotopic (exact) mass is 473 g/mol. The number of nitrogen functional groups attached to an aromatic ring is 1. The van der Waals surface area contributed by atoms with Crippen molar-refractivity contribution in [3.63, 3.8) is 0 Å².